The van der Waals surface area contributed by atoms with E-state index in [0.29, 0.717) is 12.1 Å². The molecule has 1 heterocycles. The summed E-state index contributed by atoms with van der Waals surface area (Å²) < 4.78 is 2.01. The highest BCUT2D eigenvalue weighted by atomic mass is 15.3. The van der Waals surface area contributed by atoms with E-state index in [1.165, 1.54) is 32.1 Å². The number of aromatic nitrogens is 2. The molecule has 0 amide bonds. The Morgan fingerprint density at radius 1 is 1.35 bits per heavy atom. The molecule has 0 saturated heterocycles. The molecular weight excluding hydrogens is 210 g/mol. The van der Waals surface area contributed by atoms with Gasteiger partial charge in [-0.15, -0.1) is 0 Å². The van der Waals surface area contributed by atoms with Gasteiger partial charge in [0, 0.05) is 24.5 Å². The van der Waals surface area contributed by atoms with Crippen molar-refractivity contribution in [3.63, 3.8) is 0 Å². The highest BCUT2D eigenvalue weighted by Crippen LogP contribution is 2.22. The molecule has 3 atom stereocenters. The van der Waals surface area contributed by atoms with Crippen molar-refractivity contribution in [1.82, 2.24) is 15.1 Å². The molecule has 3 unspecified atom stereocenters. The Labute approximate surface area is 105 Å². The quantitative estimate of drug-likeness (QED) is 0.813. The topological polar surface area (TPSA) is 29.9 Å². The summed E-state index contributed by atoms with van der Waals surface area (Å²) in [5.74, 6) is 0.920. The zero-order valence-corrected chi connectivity index (χ0v) is 11.1. The average Bonchev–Trinajstić information content (AvgIpc) is 2.70. The van der Waals surface area contributed by atoms with Gasteiger partial charge in [-0.25, -0.2) is 0 Å². The number of rotatable bonds is 4. The van der Waals surface area contributed by atoms with Gasteiger partial charge in [0.25, 0.3) is 0 Å². The van der Waals surface area contributed by atoms with Crippen molar-refractivity contribution in [2.45, 2.75) is 64.6 Å². The van der Waals surface area contributed by atoms with Crippen LogP contribution in [-0.2, 0) is 6.54 Å². The molecule has 0 spiro atoms. The van der Waals surface area contributed by atoms with Crippen LogP contribution in [0.1, 0.15) is 46.0 Å². The number of hydrogen-bond donors (Lipinski definition) is 1. The minimum Gasteiger partial charge on any atom is -0.310 e. The first-order valence-electron chi connectivity index (χ1n) is 6.97. The summed E-state index contributed by atoms with van der Waals surface area (Å²) in [5, 5.41) is 8.01. The summed E-state index contributed by atoms with van der Waals surface area (Å²) in [6.45, 7) is 5.62. The maximum absolute atomic E-state index is 4.26. The molecule has 2 rings (SSSR count). The molecule has 0 aromatic carbocycles. The van der Waals surface area contributed by atoms with Gasteiger partial charge in [0.05, 0.1) is 6.54 Å². The second kappa shape index (κ2) is 6.20. The van der Waals surface area contributed by atoms with Crippen molar-refractivity contribution in [2.24, 2.45) is 5.92 Å². The predicted octanol–water partition coefficient (Wildman–Crippen LogP) is 2.83. The normalized spacial score (nSPS) is 27.6. The molecule has 1 aromatic heterocycles. The van der Waals surface area contributed by atoms with Crippen LogP contribution in [0, 0.1) is 5.92 Å². The van der Waals surface area contributed by atoms with Crippen molar-refractivity contribution < 1.29 is 0 Å². The summed E-state index contributed by atoms with van der Waals surface area (Å²) >= 11 is 0. The molecule has 1 aliphatic rings. The van der Waals surface area contributed by atoms with E-state index in [1.807, 2.05) is 23.1 Å². The Morgan fingerprint density at radius 3 is 3.00 bits per heavy atom. The van der Waals surface area contributed by atoms with E-state index in [2.05, 4.69) is 24.3 Å². The maximum atomic E-state index is 4.26. The van der Waals surface area contributed by atoms with Crippen LogP contribution in [0.5, 0.6) is 0 Å². The minimum absolute atomic E-state index is 0.508. The maximum Gasteiger partial charge on any atom is 0.0560 e. The van der Waals surface area contributed by atoms with Crippen LogP contribution in [0.2, 0.25) is 0 Å². The lowest BCUT2D eigenvalue weighted by molar-refractivity contribution is 0.366. The molecule has 0 radical (unpaired) electrons. The van der Waals surface area contributed by atoms with Crippen molar-refractivity contribution in [3.8, 4) is 0 Å². The molecule has 1 N–H and O–H groups in total. The zero-order valence-electron chi connectivity index (χ0n) is 11.1. The fourth-order valence-electron chi connectivity index (χ4n) is 2.80. The van der Waals surface area contributed by atoms with Gasteiger partial charge in [0.2, 0.25) is 0 Å². The number of nitrogens with one attached hydrogen (secondary N) is 1. The lowest BCUT2D eigenvalue weighted by atomic mass is 10.0. The highest BCUT2D eigenvalue weighted by Gasteiger charge is 2.17. The van der Waals surface area contributed by atoms with Crippen molar-refractivity contribution in [3.05, 3.63) is 18.5 Å². The van der Waals surface area contributed by atoms with Crippen LogP contribution in [-0.4, -0.2) is 21.9 Å². The van der Waals surface area contributed by atoms with Gasteiger partial charge >= 0.3 is 0 Å². The third-order valence-corrected chi connectivity index (χ3v) is 3.80. The van der Waals surface area contributed by atoms with Crippen LogP contribution in [0.15, 0.2) is 18.5 Å². The second-order valence-electron chi connectivity index (χ2n) is 5.61. The van der Waals surface area contributed by atoms with E-state index in [-0.39, 0.29) is 0 Å². The minimum atomic E-state index is 0.508. The fourth-order valence-corrected chi connectivity index (χ4v) is 2.80. The lowest BCUT2D eigenvalue weighted by Gasteiger charge is -2.22. The molecule has 1 aliphatic carbocycles. The summed E-state index contributed by atoms with van der Waals surface area (Å²) in [6.07, 6.45) is 10.7. The largest absolute Gasteiger partial charge is 0.310 e. The van der Waals surface area contributed by atoms with Crippen molar-refractivity contribution in [2.75, 3.05) is 0 Å². The van der Waals surface area contributed by atoms with Gasteiger partial charge in [-0.3, -0.25) is 4.68 Å². The summed E-state index contributed by atoms with van der Waals surface area (Å²) in [4.78, 5) is 0. The van der Waals surface area contributed by atoms with Gasteiger partial charge in [-0.2, -0.15) is 5.10 Å². The molecule has 17 heavy (non-hydrogen) atoms. The molecule has 96 valence electrons. The molecule has 1 saturated carbocycles. The molecule has 0 bridgehead atoms. The summed E-state index contributed by atoms with van der Waals surface area (Å²) in [7, 11) is 0. The van der Waals surface area contributed by atoms with E-state index in [0.717, 1.165) is 12.5 Å². The SMILES string of the molecule is CC1CCCC(NC(C)Cn2cccn2)CC1. The lowest BCUT2D eigenvalue weighted by Crippen LogP contribution is -2.38. The third kappa shape index (κ3) is 4.15. The molecular formula is C14H25N3. The average molecular weight is 235 g/mol. The Balaban J connectivity index is 1.75. The molecule has 0 aliphatic heterocycles. The Bertz CT molecular complexity index is 307. The van der Waals surface area contributed by atoms with E-state index < -0.39 is 0 Å². The molecule has 1 aromatic rings. The fraction of sp³-hybridized carbons (Fsp3) is 0.786. The second-order valence-corrected chi connectivity index (χ2v) is 5.61. The van der Waals surface area contributed by atoms with Gasteiger partial charge in [0.15, 0.2) is 0 Å². The highest BCUT2D eigenvalue weighted by molar-refractivity contribution is 4.81. The summed E-state index contributed by atoms with van der Waals surface area (Å²) in [6, 6.07) is 3.21. The van der Waals surface area contributed by atoms with Gasteiger partial charge in [-0.1, -0.05) is 19.8 Å². The number of nitrogens with zero attached hydrogens (tertiary/aromatic N) is 2. The molecule has 1 fully saturated rings. The predicted molar refractivity (Wildman–Crippen MR) is 70.9 cm³/mol. The van der Waals surface area contributed by atoms with Crippen LogP contribution in [0.4, 0.5) is 0 Å². The van der Waals surface area contributed by atoms with Crippen LogP contribution >= 0.6 is 0 Å². The standard InChI is InChI=1S/C14H25N3/c1-12-5-3-6-14(8-7-12)16-13(2)11-17-10-4-9-15-17/h4,9-10,12-14,16H,3,5-8,11H2,1-2H3. The van der Waals surface area contributed by atoms with E-state index in [9.17, 15) is 0 Å². The molecule has 3 nitrogen and oxygen atoms in total. The molecule has 3 heteroatoms. The van der Waals surface area contributed by atoms with Crippen molar-refractivity contribution >= 4 is 0 Å². The summed E-state index contributed by atoms with van der Waals surface area (Å²) in [5.41, 5.74) is 0. The van der Waals surface area contributed by atoms with Gasteiger partial charge in [-0.05, 0) is 38.2 Å². The van der Waals surface area contributed by atoms with Crippen LogP contribution < -0.4 is 5.32 Å². The first kappa shape index (κ1) is 12.6. The smallest absolute Gasteiger partial charge is 0.0560 e. The van der Waals surface area contributed by atoms with Gasteiger partial charge < -0.3 is 5.32 Å². The number of hydrogen-bond acceptors (Lipinski definition) is 2. The first-order chi connectivity index (χ1) is 8.24. The Morgan fingerprint density at radius 2 is 2.24 bits per heavy atom. The van der Waals surface area contributed by atoms with Crippen LogP contribution in [0.3, 0.4) is 0 Å². The van der Waals surface area contributed by atoms with Crippen molar-refractivity contribution in [1.29, 1.82) is 0 Å². The van der Waals surface area contributed by atoms with E-state index in [4.69, 9.17) is 0 Å². The van der Waals surface area contributed by atoms with E-state index >= 15 is 0 Å². The van der Waals surface area contributed by atoms with Gasteiger partial charge in [0.1, 0.15) is 0 Å². The Hall–Kier alpha value is -0.830. The zero-order chi connectivity index (χ0) is 12.1. The first-order valence-corrected chi connectivity index (χ1v) is 6.97. The third-order valence-electron chi connectivity index (χ3n) is 3.80. The Kier molecular flexibility index (Phi) is 4.60. The van der Waals surface area contributed by atoms with Crippen LogP contribution in [0.25, 0.3) is 0 Å². The monoisotopic (exact) mass is 235 g/mol. The van der Waals surface area contributed by atoms with E-state index in [1.54, 1.807) is 0 Å².